The normalized spacial score (nSPS) is 14.9. The summed E-state index contributed by atoms with van der Waals surface area (Å²) >= 11 is 11.9. The van der Waals surface area contributed by atoms with Crippen molar-refractivity contribution < 1.29 is 14.3 Å². The minimum atomic E-state index is -0.512. The largest absolute Gasteiger partial charge is 0.494 e. The molecule has 1 atom stereocenters. The molecule has 0 saturated heterocycles. The fourth-order valence-electron chi connectivity index (χ4n) is 4.34. The molecule has 0 bridgehead atoms. The average Bonchev–Trinajstić information content (AvgIpc) is 2.84. The lowest BCUT2D eigenvalue weighted by Crippen LogP contribution is -2.51. The van der Waals surface area contributed by atoms with Crippen molar-refractivity contribution in [3.63, 3.8) is 0 Å². The highest BCUT2D eigenvalue weighted by Gasteiger charge is 2.30. The molecule has 184 valence electrons. The van der Waals surface area contributed by atoms with Crippen LogP contribution in [0.2, 0.25) is 10.0 Å². The molecule has 0 aromatic heterocycles. The van der Waals surface area contributed by atoms with Crippen molar-refractivity contribution in [3.05, 3.63) is 64.1 Å². The van der Waals surface area contributed by atoms with Gasteiger partial charge in [-0.2, -0.15) is 0 Å². The van der Waals surface area contributed by atoms with E-state index in [1.165, 1.54) is 6.42 Å². The van der Waals surface area contributed by atoms with Crippen LogP contribution >= 0.6 is 23.2 Å². The highest BCUT2D eigenvalue weighted by molar-refractivity contribution is 6.30. The third-order valence-corrected chi connectivity index (χ3v) is 6.72. The van der Waals surface area contributed by atoms with E-state index in [9.17, 15) is 9.59 Å². The Morgan fingerprint density at radius 3 is 2.24 bits per heavy atom. The summed E-state index contributed by atoms with van der Waals surface area (Å²) in [7, 11) is 0. The summed E-state index contributed by atoms with van der Waals surface area (Å²) in [6.45, 7) is 2.73. The third kappa shape index (κ3) is 8.21. The van der Waals surface area contributed by atoms with E-state index in [2.05, 4.69) is 5.32 Å². The zero-order valence-corrected chi connectivity index (χ0v) is 21.3. The van der Waals surface area contributed by atoms with Gasteiger partial charge in [0.2, 0.25) is 11.8 Å². The molecule has 1 fully saturated rings. The van der Waals surface area contributed by atoms with Crippen molar-refractivity contribution >= 4 is 35.0 Å². The average molecular weight is 505 g/mol. The van der Waals surface area contributed by atoms with Crippen LogP contribution in [0.5, 0.6) is 5.75 Å². The number of benzene rings is 2. The fourth-order valence-corrected chi connectivity index (χ4v) is 4.59. The number of hydrogen-bond acceptors (Lipinski definition) is 3. The van der Waals surface area contributed by atoms with Gasteiger partial charge in [0, 0.05) is 29.1 Å². The van der Waals surface area contributed by atoms with Crippen molar-refractivity contribution in [2.75, 3.05) is 6.61 Å². The highest BCUT2D eigenvalue weighted by atomic mass is 35.5. The van der Waals surface area contributed by atoms with E-state index in [-0.39, 0.29) is 17.9 Å². The van der Waals surface area contributed by atoms with Crippen LogP contribution in [-0.4, -0.2) is 35.4 Å². The second-order valence-electron chi connectivity index (χ2n) is 8.82. The van der Waals surface area contributed by atoms with Gasteiger partial charge in [0.05, 0.1) is 6.61 Å². The van der Waals surface area contributed by atoms with Crippen molar-refractivity contribution in [2.45, 2.75) is 76.9 Å². The minimum Gasteiger partial charge on any atom is -0.494 e. The number of halogens is 2. The molecule has 1 N–H and O–H groups in total. The Bertz CT molecular complexity index is 912. The van der Waals surface area contributed by atoms with Gasteiger partial charge in [0.25, 0.3) is 0 Å². The van der Waals surface area contributed by atoms with Crippen LogP contribution in [0.3, 0.4) is 0 Å². The van der Waals surface area contributed by atoms with Gasteiger partial charge in [0.15, 0.2) is 0 Å². The summed E-state index contributed by atoms with van der Waals surface area (Å²) in [5, 5.41) is 4.50. The summed E-state index contributed by atoms with van der Waals surface area (Å²) in [4.78, 5) is 28.2. The standard InChI is InChI=1S/C27H34Cl2N2O3/c1-2-25(27(33)30-23-7-4-3-5-8-23)31(19-20-10-12-21(28)13-11-20)26(32)9-6-18-34-24-16-14-22(29)15-17-24/h10-17,23,25H,2-9,18-19H2,1H3,(H,30,33). The number of hydrogen-bond donors (Lipinski definition) is 1. The van der Waals surface area contributed by atoms with Crippen molar-refractivity contribution in [1.29, 1.82) is 0 Å². The van der Waals surface area contributed by atoms with Crippen LogP contribution in [0.15, 0.2) is 48.5 Å². The molecule has 34 heavy (non-hydrogen) atoms. The lowest BCUT2D eigenvalue weighted by atomic mass is 9.95. The Balaban J connectivity index is 1.63. The molecule has 1 saturated carbocycles. The van der Waals surface area contributed by atoms with Crippen LogP contribution in [0.1, 0.15) is 63.9 Å². The van der Waals surface area contributed by atoms with Crippen molar-refractivity contribution in [3.8, 4) is 5.75 Å². The molecule has 0 aliphatic heterocycles. The summed E-state index contributed by atoms with van der Waals surface area (Å²) in [6.07, 6.45) is 6.94. The molecule has 1 aliphatic rings. The molecule has 0 spiro atoms. The molecule has 2 amide bonds. The zero-order valence-electron chi connectivity index (χ0n) is 19.8. The first-order valence-electron chi connectivity index (χ1n) is 12.2. The summed E-state index contributed by atoms with van der Waals surface area (Å²) < 4.78 is 5.73. The van der Waals surface area contributed by atoms with E-state index in [0.29, 0.717) is 48.2 Å². The molecule has 0 heterocycles. The molecule has 0 radical (unpaired) electrons. The van der Waals surface area contributed by atoms with Gasteiger partial charge < -0.3 is 15.0 Å². The topological polar surface area (TPSA) is 58.6 Å². The Labute approximate surface area is 212 Å². The van der Waals surface area contributed by atoms with E-state index >= 15 is 0 Å². The zero-order chi connectivity index (χ0) is 24.3. The highest BCUT2D eigenvalue weighted by Crippen LogP contribution is 2.20. The SMILES string of the molecule is CCC(C(=O)NC1CCCCC1)N(Cc1ccc(Cl)cc1)C(=O)CCCOc1ccc(Cl)cc1. The number of carbonyl (C=O) groups is 2. The molecule has 2 aromatic rings. The maximum atomic E-state index is 13.3. The third-order valence-electron chi connectivity index (χ3n) is 6.22. The smallest absolute Gasteiger partial charge is 0.243 e. The molecular weight excluding hydrogens is 471 g/mol. The van der Waals surface area contributed by atoms with Gasteiger partial charge in [-0.3, -0.25) is 9.59 Å². The first-order valence-corrected chi connectivity index (χ1v) is 12.9. The van der Waals surface area contributed by atoms with E-state index in [1.54, 1.807) is 29.2 Å². The van der Waals surface area contributed by atoms with Gasteiger partial charge in [-0.05, 0) is 67.6 Å². The van der Waals surface area contributed by atoms with E-state index < -0.39 is 6.04 Å². The van der Waals surface area contributed by atoms with Gasteiger partial charge in [-0.15, -0.1) is 0 Å². The first kappa shape index (κ1) is 26.4. The lowest BCUT2D eigenvalue weighted by Gasteiger charge is -2.33. The fraction of sp³-hybridized carbons (Fsp3) is 0.481. The minimum absolute atomic E-state index is 0.0553. The van der Waals surface area contributed by atoms with E-state index in [1.807, 2.05) is 31.2 Å². The van der Waals surface area contributed by atoms with E-state index in [4.69, 9.17) is 27.9 Å². The monoisotopic (exact) mass is 504 g/mol. The molecule has 1 unspecified atom stereocenters. The maximum Gasteiger partial charge on any atom is 0.243 e. The number of rotatable bonds is 11. The van der Waals surface area contributed by atoms with Crippen LogP contribution in [0.25, 0.3) is 0 Å². The van der Waals surface area contributed by atoms with Crippen LogP contribution < -0.4 is 10.1 Å². The Morgan fingerprint density at radius 1 is 1.00 bits per heavy atom. The maximum absolute atomic E-state index is 13.3. The quantitative estimate of drug-likeness (QED) is 0.359. The molecule has 7 heteroatoms. The first-order chi connectivity index (χ1) is 16.5. The molecule has 1 aliphatic carbocycles. The molecule has 2 aromatic carbocycles. The molecule has 3 rings (SSSR count). The van der Waals surface area contributed by atoms with Gasteiger partial charge in [0.1, 0.15) is 11.8 Å². The van der Waals surface area contributed by atoms with Crippen molar-refractivity contribution in [1.82, 2.24) is 10.2 Å². The predicted molar refractivity (Wildman–Crippen MR) is 137 cm³/mol. The van der Waals surface area contributed by atoms with Crippen LogP contribution in [0.4, 0.5) is 0 Å². The van der Waals surface area contributed by atoms with Gasteiger partial charge >= 0.3 is 0 Å². The number of amides is 2. The van der Waals surface area contributed by atoms with Crippen molar-refractivity contribution in [2.24, 2.45) is 0 Å². The van der Waals surface area contributed by atoms with Crippen LogP contribution in [-0.2, 0) is 16.1 Å². The van der Waals surface area contributed by atoms with Gasteiger partial charge in [-0.25, -0.2) is 0 Å². The molecular formula is C27H34Cl2N2O3. The number of nitrogens with zero attached hydrogens (tertiary/aromatic N) is 1. The molecule has 5 nitrogen and oxygen atoms in total. The Hall–Kier alpha value is -2.24. The summed E-state index contributed by atoms with van der Waals surface area (Å²) in [6, 6.07) is 14.3. The Kier molecular flexibility index (Phi) is 10.5. The number of carbonyl (C=O) groups excluding carboxylic acids is 2. The second-order valence-corrected chi connectivity index (χ2v) is 9.69. The Morgan fingerprint density at radius 2 is 1.62 bits per heavy atom. The predicted octanol–water partition coefficient (Wildman–Crippen LogP) is 6.41. The van der Waals surface area contributed by atoms with E-state index in [0.717, 1.165) is 31.2 Å². The lowest BCUT2D eigenvalue weighted by molar-refractivity contribution is -0.142. The van der Waals surface area contributed by atoms with Crippen LogP contribution in [0, 0.1) is 0 Å². The number of ether oxygens (including phenoxy) is 1. The summed E-state index contributed by atoms with van der Waals surface area (Å²) in [5.41, 5.74) is 0.944. The summed E-state index contributed by atoms with van der Waals surface area (Å²) in [5.74, 6) is 0.600. The second kappa shape index (κ2) is 13.6. The van der Waals surface area contributed by atoms with Gasteiger partial charge in [-0.1, -0.05) is 61.5 Å². The number of nitrogens with one attached hydrogen (secondary N) is 1.